The molecule has 0 saturated heterocycles. The highest BCUT2D eigenvalue weighted by molar-refractivity contribution is 5.42. The van der Waals surface area contributed by atoms with Crippen LogP contribution in [-0.4, -0.2) is 47.1 Å². The van der Waals surface area contributed by atoms with Crippen molar-refractivity contribution in [2.75, 3.05) is 27.2 Å². The Morgan fingerprint density at radius 1 is 1.04 bits per heavy atom. The van der Waals surface area contributed by atoms with Crippen molar-refractivity contribution in [1.29, 1.82) is 0 Å². The molecule has 0 aliphatic heterocycles. The summed E-state index contributed by atoms with van der Waals surface area (Å²) in [5.74, 6) is 0.409. The van der Waals surface area contributed by atoms with Gasteiger partial charge in [-0.3, -0.25) is 9.88 Å². The molecule has 23 heavy (non-hydrogen) atoms. The van der Waals surface area contributed by atoms with Crippen molar-refractivity contribution < 1.29 is 5.11 Å². The van der Waals surface area contributed by atoms with Gasteiger partial charge in [0.05, 0.1) is 5.69 Å². The third-order valence-electron chi connectivity index (χ3n) is 3.89. The molecule has 0 aliphatic carbocycles. The first kappa shape index (κ1) is 17.4. The first-order valence-corrected chi connectivity index (χ1v) is 8.02. The van der Waals surface area contributed by atoms with E-state index in [4.69, 9.17) is 0 Å². The van der Waals surface area contributed by atoms with Gasteiger partial charge in [-0.25, -0.2) is 0 Å². The van der Waals surface area contributed by atoms with Gasteiger partial charge < -0.3 is 10.0 Å². The number of aryl methyl sites for hydroxylation is 2. The molecule has 0 unspecified atom stereocenters. The molecule has 1 N–H and O–H groups in total. The van der Waals surface area contributed by atoms with Crippen molar-refractivity contribution in [2.45, 2.75) is 26.9 Å². The lowest BCUT2D eigenvalue weighted by Crippen LogP contribution is -2.31. The third kappa shape index (κ3) is 5.34. The lowest BCUT2D eigenvalue weighted by Gasteiger charge is -2.24. The highest BCUT2D eigenvalue weighted by atomic mass is 16.3. The van der Waals surface area contributed by atoms with Gasteiger partial charge in [0, 0.05) is 37.9 Å². The number of pyridine rings is 1. The highest BCUT2D eigenvalue weighted by Gasteiger charge is 2.13. The Labute approximate surface area is 139 Å². The molecule has 4 heteroatoms. The van der Waals surface area contributed by atoms with Gasteiger partial charge in [0.2, 0.25) is 0 Å². The summed E-state index contributed by atoms with van der Waals surface area (Å²) in [5.41, 5.74) is 4.15. The van der Waals surface area contributed by atoms with Crippen LogP contribution in [0.4, 0.5) is 0 Å². The predicted octanol–water partition coefficient (Wildman–Crippen LogP) is 2.97. The molecule has 2 aromatic rings. The van der Waals surface area contributed by atoms with E-state index in [2.05, 4.69) is 41.9 Å². The third-order valence-corrected chi connectivity index (χ3v) is 3.89. The van der Waals surface area contributed by atoms with Crippen LogP contribution in [0.15, 0.2) is 36.5 Å². The van der Waals surface area contributed by atoms with Crippen molar-refractivity contribution >= 4 is 0 Å². The van der Waals surface area contributed by atoms with Crippen LogP contribution >= 0.6 is 0 Å². The van der Waals surface area contributed by atoms with Crippen molar-refractivity contribution in [3.05, 3.63) is 58.9 Å². The molecule has 0 fully saturated rings. The maximum absolute atomic E-state index is 10.4. The van der Waals surface area contributed by atoms with Crippen LogP contribution in [-0.2, 0) is 13.1 Å². The van der Waals surface area contributed by atoms with Gasteiger partial charge in [0.15, 0.2) is 0 Å². The molecule has 1 aromatic heterocycles. The minimum Gasteiger partial charge on any atom is -0.507 e. The Morgan fingerprint density at radius 3 is 2.48 bits per heavy atom. The zero-order chi connectivity index (χ0) is 16.8. The maximum Gasteiger partial charge on any atom is 0.122 e. The summed E-state index contributed by atoms with van der Waals surface area (Å²) in [5, 5.41) is 10.4. The molecule has 0 saturated carbocycles. The van der Waals surface area contributed by atoms with Crippen LogP contribution in [0.5, 0.6) is 5.75 Å². The summed E-state index contributed by atoms with van der Waals surface area (Å²) < 4.78 is 0. The number of phenolic OH excluding ortho intramolecular Hbond substituents is 1. The van der Waals surface area contributed by atoms with Crippen LogP contribution in [0.3, 0.4) is 0 Å². The summed E-state index contributed by atoms with van der Waals surface area (Å²) in [7, 11) is 4.15. The van der Waals surface area contributed by atoms with Crippen LogP contribution in [0, 0.1) is 13.8 Å². The normalized spacial score (nSPS) is 11.4. The SMILES string of the molecule is Cc1cc(C)c(O)c(CN(CCN(C)C)Cc2ccccn2)c1. The molecular weight excluding hydrogens is 286 g/mol. The van der Waals surface area contributed by atoms with Crippen LogP contribution < -0.4 is 0 Å². The zero-order valence-electron chi connectivity index (χ0n) is 14.6. The Bertz CT molecular complexity index is 626. The van der Waals surface area contributed by atoms with Crippen molar-refractivity contribution in [2.24, 2.45) is 0 Å². The second kappa shape index (κ2) is 8.09. The fourth-order valence-electron chi connectivity index (χ4n) is 2.69. The van der Waals surface area contributed by atoms with Gasteiger partial charge >= 0.3 is 0 Å². The van der Waals surface area contributed by atoms with Crippen molar-refractivity contribution in [3.8, 4) is 5.75 Å². The zero-order valence-corrected chi connectivity index (χ0v) is 14.6. The summed E-state index contributed by atoms with van der Waals surface area (Å²) in [6.45, 7) is 7.42. The molecule has 124 valence electrons. The van der Waals surface area contributed by atoms with E-state index in [9.17, 15) is 5.11 Å². The van der Waals surface area contributed by atoms with E-state index in [0.717, 1.165) is 43.0 Å². The number of aromatic nitrogens is 1. The van der Waals surface area contributed by atoms with E-state index in [0.29, 0.717) is 5.75 Å². The minimum atomic E-state index is 0.409. The van der Waals surface area contributed by atoms with Gasteiger partial charge in [0.1, 0.15) is 5.75 Å². The fourth-order valence-corrected chi connectivity index (χ4v) is 2.69. The Hall–Kier alpha value is -1.91. The minimum absolute atomic E-state index is 0.409. The number of benzene rings is 1. The van der Waals surface area contributed by atoms with Crippen LogP contribution in [0.25, 0.3) is 0 Å². The van der Waals surface area contributed by atoms with Gasteiger partial charge in [-0.15, -0.1) is 0 Å². The molecule has 2 rings (SSSR count). The van der Waals surface area contributed by atoms with Crippen molar-refractivity contribution in [1.82, 2.24) is 14.8 Å². The van der Waals surface area contributed by atoms with Crippen molar-refractivity contribution in [3.63, 3.8) is 0 Å². The molecule has 0 amide bonds. The second-order valence-corrected chi connectivity index (χ2v) is 6.42. The predicted molar refractivity (Wildman–Crippen MR) is 94.5 cm³/mol. The van der Waals surface area contributed by atoms with E-state index in [1.165, 1.54) is 5.56 Å². The van der Waals surface area contributed by atoms with Gasteiger partial charge in [-0.1, -0.05) is 23.8 Å². The number of nitrogens with zero attached hydrogens (tertiary/aromatic N) is 3. The second-order valence-electron chi connectivity index (χ2n) is 6.42. The van der Waals surface area contributed by atoms with Gasteiger partial charge in [-0.2, -0.15) is 0 Å². The number of aromatic hydroxyl groups is 1. The van der Waals surface area contributed by atoms with E-state index in [-0.39, 0.29) is 0 Å². The molecule has 0 radical (unpaired) electrons. The largest absolute Gasteiger partial charge is 0.507 e. The summed E-state index contributed by atoms with van der Waals surface area (Å²) in [4.78, 5) is 8.93. The Morgan fingerprint density at radius 2 is 1.83 bits per heavy atom. The first-order valence-electron chi connectivity index (χ1n) is 8.02. The molecule has 1 aromatic carbocycles. The van der Waals surface area contributed by atoms with E-state index < -0.39 is 0 Å². The molecular formula is C19H27N3O. The molecule has 0 bridgehead atoms. The van der Waals surface area contributed by atoms with Gasteiger partial charge in [-0.05, 0) is 45.6 Å². The van der Waals surface area contributed by atoms with E-state index >= 15 is 0 Å². The lowest BCUT2D eigenvalue weighted by atomic mass is 10.0. The average Bonchev–Trinajstić information content (AvgIpc) is 2.50. The smallest absolute Gasteiger partial charge is 0.122 e. The number of rotatable bonds is 7. The fraction of sp³-hybridized carbons (Fsp3) is 0.421. The van der Waals surface area contributed by atoms with Gasteiger partial charge in [0.25, 0.3) is 0 Å². The van der Waals surface area contributed by atoms with Crippen LogP contribution in [0.2, 0.25) is 0 Å². The topological polar surface area (TPSA) is 39.6 Å². The highest BCUT2D eigenvalue weighted by Crippen LogP contribution is 2.25. The maximum atomic E-state index is 10.4. The molecule has 1 heterocycles. The Kier molecular flexibility index (Phi) is 6.13. The quantitative estimate of drug-likeness (QED) is 0.853. The van der Waals surface area contributed by atoms with Crippen LogP contribution in [0.1, 0.15) is 22.4 Å². The van der Waals surface area contributed by atoms with E-state index in [1.807, 2.05) is 37.4 Å². The lowest BCUT2D eigenvalue weighted by molar-refractivity contribution is 0.221. The average molecular weight is 313 g/mol. The molecule has 4 nitrogen and oxygen atoms in total. The van der Waals surface area contributed by atoms with E-state index in [1.54, 1.807) is 0 Å². The summed E-state index contributed by atoms with van der Waals surface area (Å²) in [6.07, 6.45) is 1.83. The monoisotopic (exact) mass is 313 g/mol. The summed E-state index contributed by atoms with van der Waals surface area (Å²) >= 11 is 0. The number of likely N-dealkylation sites (N-methyl/N-ethyl adjacent to an activating group) is 1. The standard InChI is InChI=1S/C19H27N3O/c1-15-11-16(2)19(23)17(12-15)13-22(10-9-21(3)4)14-18-7-5-6-8-20-18/h5-8,11-12,23H,9-10,13-14H2,1-4H3. The number of hydrogen-bond donors (Lipinski definition) is 1. The molecule has 0 aliphatic rings. The number of hydrogen-bond acceptors (Lipinski definition) is 4. The Balaban J connectivity index is 2.17. The number of phenols is 1. The molecule has 0 spiro atoms. The summed E-state index contributed by atoms with van der Waals surface area (Å²) in [6, 6.07) is 10.1. The molecule has 0 atom stereocenters. The first-order chi connectivity index (χ1) is 11.0.